The van der Waals surface area contributed by atoms with Crippen LogP contribution in [0.5, 0.6) is 0 Å². The van der Waals surface area contributed by atoms with Crippen LogP contribution in [0.2, 0.25) is 0 Å². The molecule has 0 amide bonds. The summed E-state index contributed by atoms with van der Waals surface area (Å²) >= 11 is 0. The Bertz CT molecular complexity index is 320. The second kappa shape index (κ2) is 8.59. The number of aliphatic imine (C=N–C) groups is 1. The third kappa shape index (κ3) is 5.83. The van der Waals surface area contributed by atoms with Gasteiger partial charge in [-0.25, -0.2) is 0 Å². The molecule has 1 heterocycles. The van der Waals surface area contributed by atoms with Gasteiger partial charge in [-0.3, -0.25) is 4.99 Å². The lowest BCUT2D eigenvalue weighted by Gasteiger charge is -2.35. The molecule has 0 spiro atoms. The molecule has 1 fully saturated rings. The van der Waals surface area contributed by atoms with Crippen molar-refractivity contribution >= 4 is 5.96 Å². The van der Waals surface area contributed by atoms with Crippen molar-refractivity contribution in [3.63, 3.8) is 0 Å². The van der Waals surface area contributed by atoms with E-state index in [-0.39, 0.29) is 5.54 Å². The van der Waals surface area contributed by atoms with E-state index < -0.39 is 0 Å². The molecular formula is C16H34N4O. The van der Waals surface area contributed by atoms with Crippen LogP contribution in [-0.4, -0.2) is 74.3 Å². The zero-order chi connectivity index (χ0) is 15.9. The van der Waals surface area contributed by atoms with Crippen LogP contribution in [0.3, 0.4) is 0 Å². The normalized spacial score (nSPS) is 18.4. The maximum absolute atomic E-state index is 5.72. The summed E-state index contributed by atoms with van der Waals surface area (Å²) < 4.78 is 5.72. The van der Waals surface area contributed by atoms with Crippen molar-refractivity contribution in [2.45, 2.75) is 52.2 Å². The molecule has 1 aliphatic rings. The fraction of sp³-hybridized carbons (Fsp3) is 0.938. The molecule has 1 saturated heterocycles. The minimum atomic E-state index is 0.0737. The van der Waals surface area contributed by atoms with E-state index in [0.717, 1.165) is 51.6 Å². The standard InChI is InChI=1S/C16H34N4O/c1-7-17-15(18-13-16(3,4)19(5)6)20-11-9-14(10-12-20)21-8-2/h14H,7-13H2,1-6H3,(H,17,18). The zero-order valence-electron chi connectivity index (χ0n) is 14.8. The number of nitrogens with zero attached hydrogens (tertiary/aromatic N) is 3. The number of guanidine groups is 1. The molecule has 0 aromatic heterocycles. The minimum Gasteiger partial charge on any atom is -0.378 e. The van der Waals surface area contributed by atoms with Crippen LogP contribution < -0.4 is 5.32 Å². The molecule has 124 valence electrons. The molecule has 0 saturated carbocycles. The lowest BCUT2D eigenvalue weighted by atomic mass is 10.1. The van der Waals surface area contributed by atoms with E-state index in [1.165, 1.54) is 0 Å². The number of likely N-dealkylation sites (N-methyl/N-ethyl adjacent to an activating group) is 1. The highest BCUT2D eigenvalue weighted by Gasteiger charge is 2.24. The van der Waals surface area contributed by atoms with Crippen LogP contribution in [0.15, 0.2) is 4.99 Å². The Morgan fingerprint density at radius 2 is 1.90 bits per heavy atom. The molecule has 5 heteroatoms. The minimum absolute atomic E-state index is 0.0737. The first kappa shape index (κ1) is 18.2. The average molecular weight is 298 g/mol. The van der Waals surface area contributed by atoms with Gasteiger partial charge in [0.1, 0.15) is 0 Å². The number of hydrogen-bond acceptors (Lipinski definition) is 3. The molecule has 0 radical (unpaired) electrons. The smallest absolute Gasteiger partial charge is 0.193 e. The monoisotopic (exact) mass is 298 g/mol. The van der Waals surface area contributed by atoms with Crippen LogP contribution in [0.25, 0.3) is 0 Å². The molecule has 0 aromatic carbocycles. The van der Waals surface area contributed by atoms with E-state index >= 15 is 0 Å². The summed E-state index contributed by atoms with van der Waals surface area (Å²) in [5, 5.41) is 3.43. The second-order valence-electron chi connectivity index (χ2n) is 6.52. The fourth-order valence-electron chi connectivity index (χ4n) is 2.31. The maximum Gasteiger partial charge on any atom is 0.193 e. The number of hydrogen-bond donors (Lipinski definition) is 1. The van der Waals surface area contributed by atoms with E-state index in [1.807, 2.05) is 0 Å². The average Bonchev–Trinajstić information content (AvgIpc) is 2.44. The van der Waals surface area contributed by atoms with Crippen LogP contribution in [0, 0.1) is 0 Å². The number of likely N-dealkylation sites (tertiary alicyclic amines) is 1. The fourth-order valence-corrected chi connectivity index (χ4v) is 2.31. The first-order chi connectivity index (χ1) is 9.90. The molecule has 1 N–H and O–H groups in total. The quantitative estimate of drug-likeness (QED) is 0.599. The number of nitrogens with one attached hydrogen (secondary N) is 1. The maximum atomic E-state index is 5.72. The third-order valence-electron chi connectivity index (χ3n) is 4.31. The zero-order valence-corrected chi connectivity index (χ0v) is 14.8. The van der Waals surface area contributed by atoms with Crippen LogP contribution >= 0.6 is 0 Å². The van der Waals surface area contributed by atoms with Gasteiger partial charge < -0.3 is 19.9 Å². The number of rotatable bonds is 6. The first-order valence-electron chi connectivity index (χ1n) is 8.23. The molecule has 0 bridgehead atoms. The predicted octanol–water partition coefficient (Wildman–Crippen LogP) is 1.79. The van der Waals surface area contributed by atoms with E-state index in [1.54, 1.807) is 0 Å². The SMILES string of the molecule is CCNC(=NCC(C)(C)N(C)C)N1CCC(OCC)CC1. The Morgan fingerprint density at radius 3 is 2.38 bits per heavy atom. The van der Waals surface area contributed by atoms with Crippen molar-refractivity contribution < 1.29 is 4.74 Å². The van der Waals surface area contributed by atoms with Crippen LogP contribution in [-0.2, 0) is 4.74 Å². The summed E-state index contributed by atoms with van der Waals surface area (Å²) in [6.07, 6.45) is 2.61. The highest BCUT2D eigenvalue weighted by molar-refractivity contribution is 5.80. The topological polar surface area (TPSA) is 40.1 Å². The Labute approximate surface area is 130 Å². The van der Waals surface area contributed by atoms with E-state index in [0.29, 0.717) is 6.10 Å². The molecule has 21 heavy (non-hydrogen) atoms. The van der Waals surface area contributed by atoms with Crippen molar-refractivity contribution in [1.29, 1.82) is 0 Å². The molecule has 1 aliphatic heterocycles. The summed E-state index contributed by atoms with van der Waals surface area (Å²) in [5.41, 5.74) is 0.0737. The predicted molar refractivity (Wildman–Crippen MR) is 90.0 cm³/mol. The molecule has 0 atom stereocenters. The van der Waals surface area contributed by atoms with Crippen LogP contribution in [0.4, 0.5) is 0 Å². The largest absolute Gasteiger partial charge is 0.378 e. The van der Waals surface area contributed by atoms with Gasteiger partial charge in [0.2, 0.25) is 0 Å². The summed E-state index contributed by atoms with van der Waals surface area (Å²) in [4.78, 5) is 9.44. The summed E-state index contributed by atoms with van der Waals surface area (Å²) in [7, 11) is 4.21. The van der Waals surface area contributed by atoms with Gasteiger partial charge in [-0.15, -0.1) is 0 Å². The Kier molecular flexibility index (Phi) is 7.46. The van der Waals surface area contributed by atoms with Gasteiger partial charge in [0.15, 0.2) is 5.96 Å². The van der Waals surface area contributed by atoms with Gasteiger partial charge in [0.25, 0.3) is 0 Å². The van der Waals surface area contributed by atoms with Gasteiger partial charge >= 0.3 is 0 Å². The van der Waals surface area contributed by atoms with Crippen molar-refractivity contribution in [2.24, 2.45) is 4.99 Å². The number of ether oxygens (including phenoxy) is 1. The highest BCUT2D eigenvalue weighted by Crippen LogP contribution is 2.15. The van der Waals surface area contributed by atoms with Gasteiger partial charge in [-0.1, -0.05) is 0 Å². The first-order valence-corrected chi connectivity index (χ1v) is 8.23. The highest BCUT2D eigenvalue weighted by atomic mass is 16.5. The van der Waals surface area contributed by atoms with Gasteiger partial charge in [-0.05, 0) is 54.6 Å². The third-order valence-corrected chi connectivity index (χ3v) is 4.31. The van der Waals surface area contributed by atoms with E-state index in [2.05, 4.69) is 56.9 Å². The van der Waals surface area contributed by atoms with Crippen molar-refractivity contribution in [3.05, 3.63) is 0 Å². The van der Waals surface area contributed by atoms with Crippen molar-refractivity contribution in [1.82, 2.24) is 15.1 Å². The summed E-state index contributed by atoms with van der Waals surface area (Å²) in [6.45, 7) is 13.2. The van der Waals surface area contributed by atoms with Crippen molar-refractivity contribution in [3.8, 4) is 0 Å². The Hall–Kier alpha value is -0.810. The van der Waals surface area contributed by atoms with Gasteiger partial charge in [0, 0.05) is 31.8 Å². The van der Waals surface area contributed by atoms with Gasteiger partial charge in [-0.2, -0.15) is 0 Å². The lowest BCUT2D eigenvalue weighted by Crippen LogP contribution is -2.48. The van der Waals surface area contributed by atoms with Crippen molar-refractivity contribution in [2.75, 3.05) is 46.9 Å². The number of piperidine rings is 1. The molecule has 0 aromatic rings. The molecule has 5 nitrogen and oxygen atoms in total. The van der Waals surface area contributed by atoms with E-state index in [9.17, 15) is 0 Å². The van der Waals surface area contributed by atoms with Gasteiger partial charge in [0.05, 0.1) is 12.6 Å². The second-order valence-corrected chi connectivity index (χ2v) is 6.52. The molecule has 0 aliphatic carbocycles. The molecule has 0 unspecified atom stereocenters. The van der Waals surface area contributed by atoms with E-state index in [4.69, 9.17) is 9.73 Å². The summed E-state index contributed by atoms with van der Waals surface area (Å²) in [6, 6.07) is 0. The lowest BCUT2D eigenvalue weighted by molar-refractivity contribution is 0.0263. The Morgan fingerprint density at radius 1 is 1.29 bits per heavy atom. The summed E-state index contributed by atoms with van der Waals surface area (Å²) in [5.74, 6) is 1.04. The molecule has 1 rings (SSSR count). The molecular weight excluding hydrogens is 264 g/mol. The van der Waals surface area contributed by atoms with Crippen LogP contribution in [0.1, 0.15) is 40.5 Å². The Balaban J connectivity index is 2.61.